The van der Waals surface area contributed by atoms with Crippen molar-refractivity contribution in [3.63, 3.8) is 0 Å². The van der Waals surface area contributed by atoms with Gasteiger partial charge in [0.15, 0.2) is 0 Å². The largest absolute Gasteiger partial charge is 0.369 e. The highest BCUT2D eigenvalue weighted by Gasteiger charge is 2.23. The van der Waals surface area contributed by atoms with Gasteiger partial charge in [-0.3, -0.25) is 0 Å². The Bertz CT molecular complexity index is 630. The number of benzene rings is 2. The smallest absolute Gasteiger partial charge is 0.319 e. The Kier molecular flexibility index (Phi) is 4.23. The van der Waals surface area contributed by atoms with Crippen LogP contribution in [0.5, 0.6) is 0 Å². The third-order valence-electron chi connectivity index (χ3n) is 3.75. The van der Waals surface area contributed by atoms with Gasteiger partial charge in [-0.05, 0) is 42.8 Å². The van der Waals surface area contributed by atoms with Gasteiger partial charge in [-0.1, -0.05) is 18.2 Å². The van der Waals surface area contributed by atoms with Crippen molar-refractivity contribution < 1.29 is 9.18 Å². The third-order valence-corrected chi connectivity index (χ3v) is 3.75. The molecule has 1 saturated heterocycles. The number of nitrogens with zero attached hydrogens (tertiary/aromatic N) is 1. The van der Waals surface area contributed by atoms with E-state index in [0.29, 0.717) is 5.69 Å². The predicted molar refractivity (Wildman–Crippen MR) is 85.6 cm³/mol. The number of nitrogens with one attached hydrogen (secondary N) is 2. The number of rotatable bonds is 3. The van der Waals surface area contributed by atoms with Crippen LogP contribution in [0.25, 0.3) is 0 Å². The molecule has 0 saturated carbocycles. The van der Waals surface area contributed by atoms with Crippen molar-refractivity contribution in [2.45, 2.75) is 12.5 Å². The molecule has 1 aliphatic rings. The van der Waals surface area contributed by atoms with Crippen LogP contribution in [0.1, 0.15) is 6.42 Å². The summed E-state index contributed by atoms with van der Waals surface area (Å²) < 4.78 is 12.8. The summed E-state index contributed by atoms with van der Waals surface area (Å²) in [6, 6.07) is 15.7. The second-order valence-electron chi connectivity index (χ2n) is 5.37. The van der Waals surface area contributed by atoms with Gasteiger partial charge in [-0.15, -0.1) is 0 Å². The molecule has 0 aromatic heterocycles. The lowest BCUT2D eigenvalue weighted by Gasteiger charge is -2.19. The summed E-state index contributed by atoms with van der Waals surface area (Å²) in [5, 5.41) is 5.67. The van der Waals surface area contributed by atoms with Crippen molar-refractivity contribution in [2.24, 2.45) is 0 Å². The Labute approximate surface area is 128 Å². The number of carbonyl (C=O) groups is 1. The average molecular weight is 299 g/mol. The van der Waals surface area contributed by atoms with Crippen LogP contribution in [0.2, 0.25) is 0 Å². The highest BCUT2D eigenvalue weighted by molar-refractivity contribution is 5.89. The van der Waals surface area contributed by atoms with E-state index in [4.69, 9.17) is 0 Å². The summed E-state index contributed by atoms with van der Waals surface area (Å²) >= 11 is 0. The molecular formula is C17H18FN3O. The number of urea groups is 1. The van der Waals surface area contributed by atoms with E-state index in [9.17, 15) is 9.18 Å². The first kappa shape index (κ1) is 14.4. The fourth-order valence-corrected chi connectivity index (χ4v) is 2.64. The van der Waals surface area contributed by atoms with E-state index in [2.05, 4.69) is 27.7 Å². The number of halogens is 1. The summed E-state index contributed by atoms with van der Waals surface area (Å²) in [4.78, 5) is 14.2. The SMILES string of the molecule is O=C(Nc1ccc(F)cc1)NC1CCN(c2ccccc2)C1. The minimum Gasteiger partial charge on any atom is -0.369 e. The number of hydrogen-bond acceptors (Lipinski definition) is 2. The van der Waals surface area contributed by atoms with Crippen molar-refractivity contribution in [1.82, 2.24) is 5.32 Å². The van der Waals surface area contributed by atoms with E-state index in [1.54, 1.807) is 12.1 Å². The number of hydrogen-bond donors (Lipinski definition) is 2. The topological polar surface area (TPSA) is 44.4 Å². The maximum Gasteiger partial charge on any atom is 0.319 e. The Morgan fingerprint density at radius 3 is 2.55 bits per heavy atom. The van der Waals surface area contributed by atoms with E-state index in [1.807, 2.05) is 18.2 Å². The Morgan fingerprint density at radius 1 is 1.09 bits per heavy atom. The van der Waals surface area contributed by atoms with E-state index >= 15 is 0 Å². The highest BCUT2D eigenvalue weighted by atomic mass is 19.1. The van der Waals surface area contributed by atoms with E-state index in [1.165, 1.54) is 17.8 Å². The van der Waals surface area contributed by atoms with Crippen LogP contribution in [0.3, 0.4) is 0 Å². The van der Waals surface area contributed by atoms with Crippen LogP contribution < -0.4 is 15.5 Å². The zero-order valence-electron chi connectivity index (χ0n) is 12.1. The van der Waals surface area contributed by atoms with Crippen molar-refractivity contribution in [3.8, 4) is 0 Å². The Hall–Kier alpha value is -2.56. The lowest BCUT2D eigenvalue weighted by atomic mass is 10.2. The minimum atomic E-state index is -0.319. The standard InChI is InChI=1S/C17H18FN3O/c18-13-6-8-14(9-7-13)19-17(22)20-15-10-11-21(12-15)16-4-2-1-3-5-16/h1-9,15H,10-12H2,(H2,19,20,22). The molecule has 2 N–H and O–H groups in total. The van der Waals surface area contributed by atoms with Gasteiger partial charge in [0.2, 0.25) is 0 Å². The van der Waals surface area contributed by atoms with Crippen LogP contribution in [0.15, 0.2) is 54.6 Å². The first-order valence-corrected chi connectivity index (χ1v) is 7.34. The fraction of sp³-hybridized carbons (Fsp3) is 0.235. The molecule has 1 aliphatic heterocycles. The predicted octanol–water partition coefficient (Wildman–Crippen LogP) is 3.23. The van der Waals surface area contributed by atoms with Crippen LogP contribution in [0.4, 0.5) is 20.6 Å². The molecule has 2 aromatic carbocycles. The van der Waals surface area contributed by atoms with Gasteiger partial charge in [-0.25, -0.2) is 9.18 Å². The van der Waals surface area contributed by atoms with Gasteiger partial charge < -0.3 is 15.5 Å². The number of anilines is 2. The average Bonchev–Trinajstić information content (AvgIpc) is 2.99. The molecule has 5 heteroatoms. The first-order valence-electron chi connectivity index (χ1n) is 7.34. The fourth-order valence-electron chi connectivity index (χ4n) is 2.64. The zero-order chi connectivity index (χ0) is 15.4. The molecule has 22 heavy (non-hydrogen) atoms. The van der Waals surface area contributed by atoms with Crippen molar-refractivity contribution >= 4 is 17.4 Å². The molecule has 0 radical (unpaired) electrons. The lowest BCUT2D eigenvalue weighted by Crippen LogP contribution is -2.39. The molecule has 2 amide bonds. The summed E-state index contributed by atoms with van der Waals surface area (Å²) in [5.74, 6) is -0.319. The van der Waals surface area contributed by atoms with Crippen LogP contribution in [-0.4, -0.2) is 25.2 Å². The molecular weight excluding hydrogens is 281 g/mol. The quantitative estimate of drug-likeness (QED) is 0.914. The summed E-state index contributed by atoms with van der Waals surface area (Å²) in [7, 11) is 0. The van der Waals surface area contributed by atoms with Gasteiger partial charge in [-0.2, -0.15) is 0 Å². The maximum absolute atomic E-state index is 12.8. The molecule has 0 bridgehead atoms. The lowest BCUT2D eigenvalue weighted by molar-refractivity contribution is 0.249. The third kappa shape index (κ3) is 3.55. The molecule has 0 spiro atoms. The summed E-state index contributed by atoms with van der Waals surface area (Å²) in [6.45, 7) is 1.71. The van der Waals surface area contributed by atoms with Crippen molar-refractivity contribution in [1.29, 1.82) is 0 Å². The monoisotopic (exact) mass is 299 g/mol. The molecule has 1 fully saturated rings. The maximum atomic E-state index is 12.8. The first-order chi connectivity index (χ1) is 10.7. The van der Waals surface area contributed by atoms with Crippen LogP contribution in [0, 0.1) is 5.82 Å². The van der Waals surface area contributed by atoms with E-state index in [0.717, 1.165) is 19.5 Å². The van der Waals surface area contributed by atoms with E-state index < -0.39 is 0 Å². The van der Waals surface area contributed by atoms with Gasteiger partial charge in [0.05, 0.1) is 0 Å². The Balaban J connectivity index is 1.51. The number of para-hydroxylation sites is 1. The van der Waals surface area contributed by atoms with Crippen molar-refractivity contribution in [2.75, 3.05) is 23.3 Å². The molecule has 114 valence electrons. The molecule has 1 heterocycles. The molecule has 1 atom stereocenters. The normalized spacial score (nSPS) is 17.3. The highest BCUT2D eigenvalue weighted by Crippen LogP contribution is 2.19. The van der Waals surface area contributed by atoms with Crippen LogP contribution >= 0.6 is 0 Å². The summed E-state index contributed by atoms with van der Waals surface area (Å²) in [5.41, 5.74) is 1.75. The molecule has 1 unspecified atom stereocenters. The minimum absolute atomic E-state index is 0.112. The molecule has 0 aliphatic carbocycles. The van der Waals surface area contributed by atoms with Gasteiger partial charge in [0, 0.05) is 30.5 Å². The molecule has 3 rings (SSSR count). The molecule has 4 nitrogen and oxygen atoms in total. The second kappa shape index (κ2) is 6.47. The zero-order valence-corrected chi connectivity index (χ0v) is 12.1. The van der Waals surface area contributed by atoms with Crippen molar-refractivity contribution in [3.05, 3.63) is 60.4 Å². The number of amides is 2. The summed E-state index contributed by atoms with van der Waals surface area (Å²) in [6.07, 6.45) is 0.908. The van der Waals surface area contributed by atoms with Gasteiger partial charge in [0.1, 0.15) is 5.82 Å². The van der Waals surface area contributed by atoms with Gasteiger partial charge >= 0.3 is 6.03 Å². The van der Waals surface area contributed by atoms with Crippen LogP contribution in [-0.2, 0) is 0 Å². The molecule has 2 aromatic rings. The van der Waals surface area contributed by atoms with E-state index in [-0.39, 0.29) is 17.9 Å². The van der Waals surface area contributed by atoms with Gasteiger partial charge in [0.25, 0.3) is 0 Å². The second-order valence-corrected chi connectivity index (χ2v) is 5.37. The Morgan fingerprint density at radius 2 is 1.82 bits per heavy atom. The number of carbonyl (C=O) groups excluding carboxylic acids is 1.